The molecule has 0 saturated carbocycles. The number of rotatable bonds is 1. The van der Waals surface area contributed by atoms with Gasteiger partial charge in [0.15, 0.2) is 5.58 Å². The highest BCUT2D eigenvalue weighted by atomic mass is 19.1. The first kappa shape index (κ1) is 11.9. The third kappa shape index (κ3) is 1.84. The Hall–Kier alpha value is -2.88. The van der Waals surface area contributed by atoms with Crippen LogP contribution in [-0.2, 0) is 0 Å². The SMILES string of the molecule is O=c1oc2ccccc2c2oc(-c3ccc(F)cc3)cc12. The lowest BCUT2D eigenvalue weighted by Crippen LogP contribution is -1.97. The summed E-state index contributed by atoms with van der Waals surface area (Å²) in [5.41, 5.74) is 1.23. The smallest absolute Gasteiger partial charge is 0.347 e. The molecule has 0 amide bonds. The number of furan rings is 1. The van der Waals surface area contributed by atoms with E-state index in [0.29, 0.717) is 27.9 Å². The summed E-state index contributed by atoms with van der Waals surface area (Å²) in [6.07, 6.45) is 0. The van der Waals surface area contributed by atoms with E-state index in [0.717, 1.165) is 5.39 Å². The maximum absolute atomic E-state index is 13.0. The number of hydrogen-bond donors (Lipinski definition) is 0. The minimum absolute atomic E-state index is 0.320. The van der Waals surface area contributed by atoms with Crippen molar-refractivity contribution in [3.63, 3.8) is 0 Å². The molecule has 3 nitrogen and oxygen atoms in total. The molecule has 0 N–H and O–H groups in total. The molecule has 0 spiro atoms. The molecule has 0 aliphatic heterocycles. The van der Waals surface area contributed by atoms with E-state index in [1.807, 2.05) is 12.1 Å². The summed E-state index contributed by atoms with van der Waals surface area (Å²) in [4.78, 5) is 12.0. The predicted octanol–water partition coefficient (Wildman–Crippen LogP) is 4.35. The lowest BCUT2D eigenvalue weighted by Gasteiger charge is -1.97. The van der Waals surface area contributed by atoms with Crippen LogP contribution in [0.1, 0.15) is 0 Å². The summed E-state index contributed by atoms with van der Waals surface area (Å²) in [6, 6.07) is 14.7. The summed E-state index contributed by atoms with van der Waals surface area (Å²) in [5.74, 6) is 0.188. The van der Waals surface area contributed by atoms with Gasteiger partial charge in [0.1, 0.15) is 22.5 Å². The fourth-order valence-corrected chi connectivity index (χ4v) is 2.40. The highest BCUT2D eigenvalue weighted by Crippen LogP contribution is 2.30. The van der Waals surface area contributed by atoms with E-state index in [-0.39, 0.29) is 5.82 Å². The fourth-order valence-electron chi connectivity index (χ4n) is 2.40. The molecular weight excluding hydrogens is 271 g/mol. The van der Waals surface area contributed by atoms with Gasteiger partial charge in [-0.25, -0.2) is 9.18 Å². The second-order valence-corrected chi connectivity index (χ2v) is 4.75. The van der Waals surface area contributed by atoms with Gasteiger partial charge in [0.2, 0.25) is 0 Å². The molecular formula is C17H9FO3. The molecule has 0 aliphatic rings. The Bertz CT molecular complexity index is 1010. The predicted molar refractivity (Wildman–Crippen MR) is 77.7 cm³/mol. The molecule has 102 valence electrons. The van der Waals surface area contributed by atoms with Gasteiger partial charge >= 0.3 is 5.63 Å². The van der Waals surface area contributed by atoms with Crippen LogP contribution in [0, 0.1) is 5.82 Å². The largest absolute Gasteiger partial charge is 0.455 e. The van der Waals surface area contributed by atoms with Crippen LogP contribution in [0.15, 0.2) is 68.2 Å². The van der Waals surface area contributed by atoms with Crippen molar-refractivity contribution in [2.45, 2.75) is 0 Å². The lowest BCUT2D eigenvalue weighted by molar-refractivity contribution is 0.565. The molecule has 0 radical (unpaired) electrons. The Morgan fingerprint density at radius 1 is 0.857 bits per heavy atom. The van der Waals surface area contributed by atoms with E-state index in [2.05, 4.69) is 0 Å². The first-order valence-corrected chi connectivity index (χ1v) is 6.44. The Labute approximate surface area is 118 Å². The minimum Gasteiger partial charge on any atom is -0.455 e. The second-order valence-electron chi connectivity index (χ2n) is 4.75. The first-order valence-electron chi connectivity index (χ1n) is 6.44. The third-order valence-electron chi connectivity index (χ3n) is 3.42. The van der Waals surface area contributed by atoms with Crippen LogP contribution in [0.25, 0.3) is 33.3 Å². The summed E-state index contributed by atoms with van der Waals surface area (Å²) in [5, 5.41) is 1.12. The molecule has 2 aromatic heterocycles. The van der Waals surface area contributed by atoms with Crippen LogP contribution in [0.5, 0.6) is 0 Å². The van der Waals surface area contributed by atoms with E-state index in [4.69, 9.17) is 8.83 Å². The van der Waals surface area contributed by atoms with Crippen molar-refractivity contribution in [2.24, 2.45) is 0 Å². The van der Waals surface area contributed by atoms with Crippen LogP contribution in [-0.4, -0.2) is 0 Å². The average Bonchev–Trinajstić information content (AvgIpc) is 2.94. The summed E-state index contributed by atoms with van der Waals surface area (Å²) in [6.45, 7) is 0. The lowest BCUT2D eigenvalue weighted by atomic mass is 10.1. The summed E-state index contributed by atoms with van der Waals surface area (Å²) >= 11 is 0. The third-order valence-corrected chi connectivity index (χ3v) is 3.42. The van der Waals surface area contributed by atoms with Crippen molar-refractivity contribution in [2.75, 3.05) is 0 Å². The summed E-state index contributed by atoms with van der Waals surface area (Å²) < 4.78 is 24.1. The monoisotopic (exact) mass is 280 g/mol. The van der Waals surface area contributed by atoms with Crippen LogP contribution >= 0.6 is 0 Å². The Morgan fingerprint density at radius 2 is 1.62 bits per heavy atom. The van der Waals surface area contributed by atoms with Crippen molar-refractivity contribution in [3.8, 4) is 11.3 Å². The number of fused-ring (bicyclic) bond motifs is 3. The van der Waals surface area contributed by atoms with Gasteiger partial charge in [0, 0.05) is 5.56 Å². The summed E-state index contributed by atoms with van der Waals surface area (Å²) in [7, 11) is 0. The highest BCUT2D eigenvalue weighted by Gasteiger charge is 2.14. The van der Waals surface area contributed by atoms with Crippen molar-refractivity contribution in [1.82, 2.24) is 0 Å². The Balaban J connectivity index is 2.05. The van der Waals surface area contributed by atoms with Crippen LogP contribution in [0.4, 0.5) is 4.39 Å². The maximum atomic E-state index is 13.0. The standard InChI is InChI=1S/C17H9FO3/c18-11-7-5-10(6-8-11)15-9-13-16(20-15)12-3-1-2-4-14(12)21-17(13)19/h1-9H. The minimum atomic E-state index is -0.444. The van der Waals surface area contributed by atoms with Crippen LogP contribution in [0.3, 0.4) is 0 Å². The molecule has 0 unspecified atom stereocenters. The van der Waals surface area contributed by atoms with Gasteiger partial charge in [-0.2, -0.15) is 0 Å². The van der Waals surface area contributed by atoms with Crippen molar-refractivity contribution in [1.29, 1.82) is 0 Å². The topological polar surface area (TPSA) is 43.4 Å². The Kier molecular flexibility index (Phi) is 2.44. The molecule has 0 bridgehead atoms. The molecule has 0 fully saturated rings. The number of hydrogen-bond acceptors (Lipinski definition) is 3. The van der Waals surface area contributed by atoms with E-state index >= 15 is 0 Å². The molecule has 4 heteroatoms. The maximum Gasteiger partial charge on any atom is 0.347 e. The van der Waals surface area contributed by atoms with E-state index in [9.17, 15) is 9.18 Å². The van der Waals surface area contributed by atoms with Crippen molar-refractivity contribution in [3.05, 3.63) is 70.8 Å². The Morgan fingerprint density at radius 3 is 2.43 bits per heavy atom. The van der Waals surface area contributed by atoms with Crippen LogP contribution in [0.2, 0.25) is 0 Å². The van der Waals surface area contributed by atoms with E-state index in [1.165, 1.54) is 12.1 Å². The van der Waals surface area contributed by atoms with Gasteiger partial charge in [-0.3, -0.25) is 0 Å². The molecule has 4 rings (SSSR count). The van der Waals surface area contributed by atoms with Gasteiger partial charge in [-0.15, -0.1) is 0 Å². The van der Waals surface area contributed by atoms with Gasteiger partial charge in [-0.1, -0.05) is 12.1 Å². The van der Waals surface area contributed by atoms with Gasteiger partial charge in [0.25, 0.3) is 0 Å². The quantitative estimate of drug-likeness (QED) is 0.487. The number of benzene rings is 2. The fraction of sp³-hybridized carbons (Fsp3) is 0. The second kappa shape index (κ2) is 4.31. The number of halogens is 1. The van der Waals surface area contributed by atoms with E-state index < -0.39 is 5.63 Å². The molecule has 0 atom stereocenters. The zero-order chi connectivity index (χ0) is 14.4. The van der Waals surface area contributed by atoms with E-state index in [1.54, 1.807) is 30.3 Å². The van der Waals surface area contributed by atoms with Gasteiger partial charge < -0.3 is 8.83 Å². The van der Waals surface area contributed by atoms with Gasteiger partial charge in [-0.05, 0) is 42.5 Å². The van der Waals surface area contributed by atoms with Gasteiger partial charge in [0.05, 0.1) is 5.39 Å². The molecule has 0 saturated heterocycles. The zero-order valence-corrected chi connectivity index (χ0v) is 10.8. The highest BCUT2D eigenvalue weighted by molar-refractivity contribution is 6.01. The molecule has 4 aromatic rings. The van der Waals surface area contributed by atoms with Crippen molar-refractivity contribution >= 4 is 21.9 Å². The normalized spacial score (nSPS) is 11.3. The first-order chi connectivity index (χ1) is 10.2. The molecule has 2 heterocycles. The molecule has 0 aliphatic carbocycles. The average molecular weight is 280 g/mol. The van der Waals surface area contributed by atoms with Crippen LogP contribution < -0.4 is 5.63 Å². The number of para-hydroxylation sites is 1. The van der Waals surface area contributed by atoms with Crippen molar-refractivity contribution < 1.29 is 13.2 Å². The molecule has 2 aromatic carbocycles. The zero-order valence-electron chi connectivity index (χ0n) is 10.8. The molecule has 21 heavy (non-hydrogen) atoms.